The molecule has 0 aliphatic rings. The Morgan fingerprint density at radius 3 is 2.58 bits per heavy atom. The van der Waals surface area contributed by atoms with Gasteiger partial charge in [0.2, 0.25) is 5.91 Å². The predicted molar refractivity (Wildman–Crippen MR) is 106 cm³/mol. The van der Waals surface area contributed by atoms with Crippen molar-refractivity contribution in [2.75, 3.05) is 6.54 Å². The number of benzene rings is 2. The molecule has 0 unspecified atom stereocenters. The number of fused-ring (bicyclic) bond motifs is 1. The minimum atomic E-state index is -0.215. The molecule has 3 aromatic rings. The average molecular weight is 364 g/mol. The van der Waals surface area contributed by atoms with Crippen LogP contribution in [-0.2, 0) is 17.8 Å². The molecule has 0 bridgehead atoms. The molecule has 0 fully saturated rings. The van der Waals surface area contributed by atoms with Crippen LogP contribution in [0.4, 0.5) is 0 Å². The fourth-order valence-electron chi connectivity index (χ4n) is 2.67. The normalized spacial score (nSPS) is 10.5. The van der Waals surface area contributed by atoms with Gasteiger partial charge in [-0.05, 0) is 52.6 Å². The van der Waals surface area contributed by atoms with Crippen molar-refractivity contribution < 1.29 is 9.59 Å². The first kappa shape index (κ1) is 17.9. The number of rotatable bonds is 7. The van der Waals surface area contributed by atoms with Gasteiger partial charge in [0.25, 0.3) is 5.91 Å². The van der Waals surface area contributed by atoms with Crippen LogP contribution < -0.4 is 10.6 Å². The molecule has 132 valence electrons. The summed E-state index contributed by atoms with van der Waals surface area (Å²) in [5.41, 5.74) is 2.81. The third kappa shape index (κ3) is 4.37. The van der Waals surface area contributed by atoms with Crippen molar-refractivity contribution >= 4 is 33.2 Å². The fraction of sp³-hybridized carbons (Fsp3) is 0.143. The molecule has 0 aliphatic heterocycles. The molecule has 0 saturated heterocycles. The Hall–Kier alpha value is -2.92. The predicted octanol–water partition coefficient (Wildman–Crippen LogP) is 3.68. The van der Waals surface area contributed by atoms with Gasteiger partial charge in [-0.25, -0.2) is 0 Å². The van der Waals surface area contributed by atoms with E-state index < -0.39 is 0 Å². The van der Waals surface area contributed by atoms with Gasteiger partial charge in [0.15, 0.2) is 0 Å². The number of hydrogen-bond acceptors (Lipinski definition) is 3. The van der Waals surface area contributed by atoms with E-state index in [1.54, 1.807) is 23.5 Å². The molecule has 2 amide bonds. The maximum atomic E-state index is 12.3. The molecule has 0 spiro atoms. The molecular weight excluding hydrogens is 344 g/mol. The standard InChI is InChI=1S/C21H20N2O2S/c1-2-20(24)23-13-15-7-9-16(10-8-15)21(25)22-12-11-17-14-26-19-6-4-3-5-18(17)19/h2-10,14H,1,11-13H2,(H,22,25)(H,23,24). The Labute approximate surface area is 156 Å². The van der Waals surface area contributed by atoms with E-state index in [-0.39, 0.29) is 11.8 Å². The summed E-state index contributed by atoms with van der Waals surface area (Å²) in [6.45, 7) is 4.42. The molecule has 26 heavy (non-hydrogen) atoms. The zero-order valence-corrected chi connectivity index (χ0v) is 15.1. The summed E-state index contributed by atoms with van der Waals surface area (Å²) in [6, 6.07) is 15.5. The Bertz CT molecular complexity index is 929. The van der Waals surface area contributed by atoms with Crippen molar-refractivity contribution in [2.24, 2.45) is 0 Å². The van der Waals surface area contributed by atoms with Gasteiger partial charge in [0.1, 0.15) is 0 Å². The average Bonchev–Trinajstić information content (AvgIpc) is 3.09. The second-order valence-corrected chi connectivity index (χ2v) is 6.79. The smallest absolute Gasteiger partial charge is 0.251 e. The van der Waals surface area contributed by atoms with Gasteiger partial charge in [-0.3, -0.25) is 9.59 Å². The fourth-order valence-corrected chi connectivity index (χ4v) is 3.67. The quantitative estimate of drug-likeness (QED) is 0.629. The first-order valence-electron chi connectivity index (χ1n) is 8.40. The molecule has 0 saturated carbocycles. The Morgan fingerprint density at radius 1 is 1.04 bits per heavy atom. The van der Waals surface area contributed by atoms with Crippen molar-refractivity contribution in [3.05, 3.63) is 83.3 Å². The molecular formula is C21H20N2O2S. The highest BCUT2D eigenvalue weighted by Gasteiger charge is 2.07. The Balaban J connectivity index is 1.51. The van der Waals surface area contributed by atoms with Crippen LogP contribution in [0.15, 0.2) is 66.6 Å². The molecule has 0 radical (unpaired) electrons. The van der Waals surface area contributed by atoms with Crippen LogP contribution in [-0.4, -0.2) is 18.4 Å². The summed E-state index contributed by atoms with van der Waals surface area (Å²) >= 11 is 1.73. The van der Waals surface area contributed by atoms with Crippen LogP contribution in [0.3, 0.4) is 0 Å². The van der Waals surface area contributed by atoms with Crippen LogP contribution in [0.5, 0.6) is 0 Å². The van der Waals surface area contributed by atoms with Gasteiger partial charge in [0.05, 0.1) is 0 Å². The number of thiophene rings is 1. The third-order valence-electron chi connectivity index (χ3n) is 4.11. The van der Waals surface area contributed by atoms with E-state index in [4.69, 9.17) is 0 Å². The van der Waals surface area contributed by atoms with E-state index in [9.17, 15) is 9.59 Å². The highest BCUT2D eigenvalue weighted by atomic mass is 32.1. The molecule has 5 heteroatoms. The summed E-state index contributed by atoms with van der Waals surface area (Å²) in [6.07, 6.45) is 2.04. The molecule has 3 rings (SSSR count). The molecule has 2 N–H and O–H groups in total. The summed E-state index contributed by atoms with van der Waals surface area (Å²) < 4.78 is 1.27. The van der Waals surface area contributed by atoms with Crippen molar-refractivity contribution in [1.82, 2.24) is 10.6 Å². The first-order valence-corrected chi connectivity index (χ1v) is 9.28. The maximum absolute atomic E-state index is 12.3. The second kappa shape index (κ2) is 8.45. The summed E-state index contributed by atoms with van der Waals surface area (Å²) in [4.78, 5) is 23.4. The lowest BCUT2D eigenvalue weighted by Crippen LogP contribution is -2.25. The van der Waals surface area contributed by atoms with Gasteiger partial charge in [-0.1, -0.05) is 36.9 Å². The van der Waals surface area contributed by atoms with Crippen molar-refractivity contribution in [1.29, 1.82) is 0 Å². The van der Waals surface area contributed by atoms with E-state index >= 15 is 0 Å². The van der Waals surface area contributed by atoms with Crippen LogP contribution in [0.2, 0.25) is 0 Å². The van der Waals surface area contributed by atoms with Crippen molar-refractivity contribution in [3.63, 3.8) is 0 Å². The number of nitrogens with one attached hydrogen (secondary N) is 2. The summed E-state index contributed by atoms with van der Waals surface area (Å²) in [5.74, 6) is -0.306. The van der Waals surface area contributed by atoms with E-state index in [2.05, 4.69) is 34.7 Å². The zero-order chi connectivity index (χ0) is 18.4. The van der Waals surface area contributed by atoms with E-state index in [0.29, 0.717) is 18.7 Å². The van der Waals surface area contributed by atoms with Gasteiger partial charge >= 0.3 is 0 Å². The van der Waals surface area contributed by atoms with Crippen LogP contribution >= 0.6 is 11.3 Å². The maximum Gasteiger partial charge on any atom is 0.251 e. The molecule has 0 atom stereocenters. The second-order valence-electron chi connectivity index (χ2n) is 5.88. The minimum Gasteiger partial charge on any atom is -0.352 e. The largest absolute Gasteiger partial charge is 0.352 e. The van der Waals surface area contributed by atoms with Crippen molar-refractivity contribution in [2.45, 2.75) is 13.0 Å². The number of carbonyl (C=O) groups excluding carboxylic acids is 2. The molecule has 1 aromatic heterocycles. The summed E-state index contributed by atoms with van der Waals surface area (Å²) in [7, 11) is 0. The Morgan fingerprint density at radius 2 is 1.81 bits per heavy atom. The molecule has 1 heterocycles. The first-order chi connectivity index (χ1) is 12.7. The van der Waals surface area contributed by atoms with Crippen LogP contribution in [0, 0.1) is 0 Å². The Kier molecular flexibility index (Phi) is 5.81. The lowest BCUT2D eigenvalue weighted by atomic mass is 10.1. The van der Waals surface area contributed by atoms with Crippen LogP contribution in [0.25, 0.3) is 10.1 Å². The highest BCUT2D eigenvalue weighted by molar-refractivity contribution is 7.17. The summed E-state index contributed by atoms with van der Waals surface area (Å²) in [5, 5.41) is 9.09. The van der Waals surface area contributed by atoms with E-state index in [1.165, 1.54) is 21.7 Å². The van der Waals surface area contributed by atoms with E-state index in [0.717, 1.165) is 12.0 Å². The van der Waals surface area contributed by atoms with Crippen molar-refractivity contribution in [3.8, 4) is 0 Å². The monoisotopic (exact) mass is 364 g/mol. The van der Waals surface area contributed by atoms with Crippen LogP contribution in [0.1, 0.15) is 21.5 Å². The molecule has 4 nitrogen and oxygen atoms in total. The number of carbonyl (C=O) groups is 2. The number of amides is 2. The van der Waals surface area contributed by atoms with E-state index in [1.807, 2.05) is 24.3 Å². The molecule has 0 aliphatic carbocycles. The van der Waals surface area contributed by atoms with Gasteiger partial charge < -0.3 is 10.6 Å². The van der Waals surface area contributed by atoms with Gasteiger partial charge in [-0.2, -0.15) is 0 Å². The topological polar surface area (TPSA) is 58.2 Å². The third-order valence-corrected chi connectivity index (χ3v) is 5.12. The van der Waals surface area contributed by atoms with Gasteiger partial charge in [-0.15, -0.1) is 11.3 Å². The molecule has 2 aromatic carbocycles. The highest BCUT2D eigenvalue weighted by Crippen LogP contribution is 2.25. The lowest BCUT2D eigenvalue weighted by Gasteiger charge is -2.07. The van der Waals surface area contributed by atoms with Gasteiger partial charge in [0, 0.05) is 23.4 Å². The lowest BCUT2D eigenvalue weighted by molar-refractivity contribution is -0.116. The minimum absolute atomic E-state index is 0.0915. The number of hydrogen-bond donors (Lipinski definition) is 2. The SMILES string of the molecule is C=CC(=O)NCc1ccc(C(=O)NCCc2csc3ccccc23)cc1. The zero-order valence-electron chi connectivity index (χ0n) is 14.3.